The molecule has 2 aromatic rings. The number of nitrogens with one attached hydrogen (secondary N) is 1. The summed E-state index contributed by atoms with van der Waals surface area (Å²) in [6.07, 6.45) is 1.64. The molecule has 1 N–H and O–H groups in total. The number of amides is 1. The van der Waals surface area contributed by atoms with Crippen LogP contribution in [-0.2, 0) is 0 Å². The lowest BCUT2D eigenvalue weighted by molar-refractivity contribution is 0.102. The van der Waals surface area contributed by atoms with Crippen LogP contribution in [0, 0.1) is 0 Å². The maximum atomic E-state index is 12.2. The van der Waals surface area contributed by atoms with Crippen molar-refractivity contribution in [2.45, 2.75) is 20.0 Å². The molecule has 1 amide bonds. The van der Waals surface area contributed by atoms with Gasteiger partial charge in [0.15, 0.2) is 0 Å². The molecule has 1 aromatic carbocycles. The molecule has 0 aliphatic heterocycles. The first kappa shape index (κ1) is 15.8. The molecule has 0 fully saturated rings. The smallest absolute Gasteiger partial charge is 0.258 e. The van der Waals surface area contributed by atoms with Gasteiger partial charge < -0.3 is 10.1 Å². The molecule has 0 spiro atoms. The highest BCUT2D eigenvalue weighted by Crippen LogP contribution is 2.29. The number of anilines is 1. The fourth-order valence-electron chi connectivity index (χ4n) is 1.68. The van der Waals surface area contributed by atoms with Crippen LogP contribution in [0.3, 0.4) is 0 Å². The summed E-state index contributed by atoms with van der Waals surface area (Å²) in [6.45, 7) is 3.85. The van der Waals surface area contributed by atoms with Crippen LogP contribution in [0.4, 0.5) is 5.69 Å². The molecule has 0 saturated carbocycles. The summed E-state index contributed by atoms with van der Waals surface area (Å²) >= 11 is 9.38. The van der Waals surface area contributed by atoms with E-state index in [1.165, 1.54) is 0 Å². The minimum Gasteiger partial charge on any atom is -0.489 e. The van der Waals surface area contributed by atoms with E-state index in [0.29, 0.717) is 26.6 Å². The largest absolute Gasteiger partial charge is 0.489 e. The third-order valence-corrected chi connectivity index (χ3v) is 3.48. The zero-order valence-electron chi connectivity index (χ0n) is 11.6. The standard InChI is InChI=1S/C15H14BrClN2O2/c1-9(2)21-13-6-5-10(8-12(13)17)19-15(20)11-4-3-7-18-14(11)16/h3-9H,1-2H3,(H,19,20). The molecule has 2 rings (SSSR count). The zero-order chi connectivity index (χ0) is 15.4. The van der Waals surface area contributed by atoms with Gasteiger partial charge in [-0.3, -0.25) is 4.79 Å². The van der Waals surface area contributed by atoms with Gasteiger partial charge in [-0.15, -0.1) is 0 Å². The van der Waals surface area contributed by atoms with Crippen LogP contribution in [0.5, 0.6) is 5.75 Å². The summed E-state index contributed by atoms with van der Waals surface area (Å²) in [4.78, 5) is 16.2. The Labute approximate surface area is 136 Å². The van der Waals surface area contributed by atoms with E-state index in [-0.39, 0.29) is 12.0 Å². The second-order valence-electron chi connectivity index (χ2n) is 4.61. The number of halogens is 2. The number of carbonyl (C=O) groups is 1. The summed E-state index contributed by atoms with van der Waals surface area (Å²) in [7, 11) is 0. The van der Waals surface area contributed by atoms with E-state index in [9.17, 15) is 4.79 Å². The van der Waals surface area contributed by atoms with E-state index < -0.39 is 0 Å². The van der Waals surface area contributed by atoms with Gasteiger partial charge in [0.25, 0.3) is 5.91 Å². The fourth-order valence-corrected chi connectivity index (χ4v) is 2.34. The molecule has 0 atom stereocenters. The summed E-state index contributed by atoms with van der Waals surface area (Å²) in [5.74, 6) is 0.329. The van der Waals surface area contributed by atoms with Crippen LogP contribution in [0.15, 0.2) is 41.1 Å². The molecule has 0 aliphatic carbocycles. The molecule has 0 radical (unpaired) electrons. The maximum absolute atomic E-state index is 12.2. The number of pyridine rings is 1. The summed E-state index contributed by atoms with van der Waals surface area (Å²) in [5.41, 5.74) is 1.05. The molecule has 1 heterocycles. The number of benzene rings is 1. The number of carbonyl (C=O) groups excluding carboxylic acids is 1. The van der Waals surface area contributed by atoms with E-state index in [1.54, 1.807) is 36.5 Å². The van der Waals surface area contributed by atoms with Gasteiger partial charge in [-0.2, -0.15) is 0 Å². The van der Waals surface area contributed by atoms with Crippen molar-refractivity contribution in [1.82, 2.24) is 4.98 Å². The van der Waals surface area contributed by atoms with Crippen molar-refractivity contribution in [3.05, 3.63) is 51.7 Å². The van der Waals surface area contributed by atoms with Crippen molar-refractivity contribution in [2.24, 2.45) is 0 Å². The lowest BCUT2D eigenvalue weighted by atomic mass is 10.2. The number of hydrogen-bond acceptors (Lipinski definition) is 3. The van der Waals surface area contributed by atoms with Crippen molar-refractivity contribution in [3.63, 3.8) is 0 Å². The Bertz CT molecular complexity index is 662. The predicted octanol–water partition coefficient (Wildman–Crippen LogP) is 4.54. The minimum absolute atomic E-state index is 0.0364. The first-order valence-electron chi connectivity index (χ1n) is 6.35. The number of ether oxygens (including phenoxy) is 1. The van der Waals surface area contributed by atoms with Gasteiger partial charge >= 0.3 is 0 Å². The molecular formula is C15H14BrClN2O2. The Balaban J connectivity index is 2.15. The molecule has 0 unspecified atom stereocenters. The number of aromatic nitrogens is 1. The molecule has 1 aromatic heterocycles. The van der Waals surface area contributed by atoms with Crippen molar-refractivity contribution in [3.8, 4) is 5.75 Å². The zero-order valence-corrected chi connectivity index (χ0v) is 13.9. The second kappa shape index (κ2) is 6.91. The Kier molecular flexibility index (Phi) is 5.20. The van der Waals surface area contributed by atoms with Crippen LogP contribution < -0.4 is 10.1 Å². The summed E-state index contributed by atoms with van der Waals surface area (Å²) in [5, 5.41) is 3.22. The Hall–Kier alpha value is -1.59. The molecule has 0 aliphatic rings. The molecule has 0 saturated heterocycles. The number of rotatable bonds is 4. The second-order valence-corrected chi connectivity index (χ2v) is 5.77. The molecule has 110 valence electrons. The van der Waals surface area contributed by atoms with Crippen molar-refractivity contribution >= 4 is 39.1 Å². The lowest BCUT2D eigenvalue weighted by Gasteiger charge is -2.13. The quantitative estimate of drug-likeness (QED) is 0.805. The highest BCUT2D eigenvalue weighted by Gasteiger charge is 2.12. The molecule has 6 heteroatoms. The normalized spacial score (nSPS) is 10.5. The van der Waals surface area contributed by atoms with Gasteiger partial charge in [0, 0.05) is 11.9 Å². The van der Waals surface area contributed by atoms with E-state index in [2.05, 4.69) is 26.2 Å². The van der Waals surface area contributed by atoms with Gasteiger partial charge in [-0.25, -0.2) is 4.98 Å². The van der Waals surface area contributed by atoms with Crippen LogP contribution in [0.25, 0.3) is 0 Å². The van der Waals surface area contributed by atoms with Crippen molar-refractivity contribution in [2.75, 3.05) is 5.32 Å². The van der Waals surface area contributed by atoms with Gasteiger partial charge in [-0.05, 0) is 60.1 Å². The average molecular weight is 370 g/mol. The lowest BCUT2D eigenvalue weighted by Crippen LogP contribution is -2.13. The fraction of sp³-hybridized carbons (Fsp3) is 0.200. The highest BCUT2D eigenvalue weighted by atomic mass is 79.9. The van der Waals surface area contributed by atoms with E-state index in [1.807, 2.05) is 13.8 Å². The van der Waals surface area contributed by atoms with Gasteiger partial charge in [0.1, 0.15) is 10.4 Å². The van der Waals surface area contributed by atoms with E-state index >= 15 is 0 Å². The van der Waals surface area contributed by atoms with Crippen molar-refractivity contribution < 1.29 is 9.53 Å². The third-order valence-electron chi connectivity index (χ3n) is 2.56. The average Bonchev–Trinajstić information content (AvgIpc) is 2.42. The van der Waals surface area contributed by atoms with Gasteiger partial charge in [0.2, 0.25) is 0 Å². The van der Waals surface area contributed by atoms with Crippen molar-refractivity contribution in [1.29, 1.82) is 0 Å². The molecule has 21 heavy (non-hydrogen) atoms. The maximum Gasteiger partial charge on any atom is 0.258 e. The Morgan fingerprint density at radius 1 is 1.38 bits per heavy atom. The third kappa shape index (κ3) is 4.19. The van der Waals surface area contributed by atoms with Gasteiger partial charge in [0.05, 0.1) is 16.7 Å². The first-order valence-corrected chi connectivity index (χ1v) is 7.52. The van der Waals surface area contributed by atoms with E-state index in [0.717, 1.165) is 0 Å². The van der Waals surface area contributed by atoms with Crippen LogP contribution >= 0.6 is 27.5 Å². The SMILES string of the molecule is CC(C)Oc1ccc(NC(=O)c2cccnc2Br)cc1Cl. The number of hydrogen-bond donors (Lipinski definition) is 1. The predicted molar refractivity (Wildman–Crippen MR) is 87.1 cm³/mol. The van der Waals surface area contributed by atoms with Crippen LogP contribution in [0.2, 0.25) is 5.02 Å². The summed E-state index contributed by atoms with van der Waals surface area (Å²) in [6, 6.07) is 8.51. The topological polar surface area (TPSA) is 51.2 Å². The Morgan fingerprint density at radius 2 is 2.14 bits per heavy atom. The molecule has 0 bridgehead atoms. The van der Waals surface area contributed by atoms with Crippen LogP contribution in [-0.4, -0.2) is 17.0 Å². The van der Waals surface area contributed by atoms with Gasteiger partial charge in [-0.1, -0.05) is 11.6 Å². The number of nitrogens with zero attached hydrogens (tertiary/aromatic N) is 1. The Morgan fingerprint density at radius 3 is 2.76 bits per heavy atom. The minimum atomic E-state index is -0.261. The molecular weight excluding hydrogens is 356 g/mol. The van der Waals surface area contributed by atoms with E-state index in [4.69, 9.17) is 16.3 Å². The summed E-state index contributed by atoms with van der Waals surface area (Å²) < 4.78 is 6.04. The van der Waals surface area contributed by atoms with Crippen LogP contribution in [0.1, 0.15) is 24.2 Å². The highest BCUT2D eigenvalue weighted by molar-refractivity contribution is 9.10. The monoisotopic (exact) mass is 368 g/mol. The first-order chi connectivity index (χ1) is 9.97. The molecule has 4 nitrogen and oxygen atoms in total.